The van der Waals surface area contributed by atoms with E-state index in [0.29, 0.717) is 17.2 Å². The molecular weight excluding hydrogens is 322 g/mol. The Morgan fingerprint density at radius 1 is 1.10 bits per heavy atom. The lowest BCUT2D eigenvalue weighted by Gasteiger charge is -2.16. The van der Waals surface area contributed by atoms with Crippen LogP contribution >= 0.6 is 34.8 Å². The summed E-state index contributed by atoms with van der Waals surface area (Å²) in [4.78, 5) is 0. The van der Waals surface area contributed by atoms with Gasteiger partial charge in [0.15, 0.2) is 0 Å². The van der Waals surface area contributed by atoms with E-state index in [1.807, 2.05) is 6.07 Å². The lowest BCUT2D eigenvalue weighted by molar-refractivity contribution is 0.353. The van der Waals surface area contributed by atoms with Crippen LogP contribution in [0.4, 0.5) is 4.39 Å². The molecule has 1 aliphatic rings. The molecule has 0 N–H and O–H groups in total. The van der Waals surface area contributed by atoms with Gasteiger partial charge in [-0.2, -0.15) is 0 Å². The normalized spacial score (nSPS) is 14.8. The molecule has 3 rings (SSSR count). The third-order valence-corrected chi connectivity index (χ3v) is 4.30. The molecule has 1 unspecified atom stereocenters. The summed E-state index contributed by atoms with van der Waals surface area (Å²) in [6.45, 7) is 0.615. The molecule has 1 aliphatic heterocycles. The van der Waals surface area contributed by atoms with Crippen LogP contribution in [0.25, 0.3) is 0 Å². The molecule has 0 amide bonds. The number of hydrogen-bond acceptors (Lipinski definition) is 1. The van der Waals surface area contributed by atoms with Crippen LogP contribution in [0.1, 0.15) is 22.1 Å². The maximum absolute atomic E-state index is 13.1. The highest BCUT2D eigenvalue weighted by Gasteiger charge is 2.24. The minimum Gasteiger partial charge on any atom is -0.493 e. The van der Waals surface area contributed by atoms with Crippen molar-refractivity contribution >= 4 is 34.8 Å². The first kappa shape index (κ1) is 14.0. The van der Waals surface area contributed by atoms with E-state index in [0.717, 1.165) is 23.3 Å². The van der Waals surface area contributed by atoms with Gasteiger partial charge in [0.25, 0.3) is 0 Å². The number of rotatable bonds is 2. The van der Waals surface area contributed by atoms with E-state index < -0.39 is 11.2 Å². The van der Waals surface area contributed by atoms with Crippen LogP contribution in [0, 0.1) is 5.82 Å². The van der Waals surface area contributed by atoms with Crippen molar-refractivity contribution in [2.45, 2.75) is 11.8 Å². The lowest BCUT2D eigenvalue weighted by Crippen LogP contribution is -1.99. The average molecular weight is 332 g/mol. The Morgan fingerprint density at radius 2 is 1.90 bits per heavy atom. The summed E-state index contributed by atoms with van der Waals surface area (Å²) in [5.74, 6) is 0.366. The molecule has 1 nitrogen and oxygen atoms in total. The Bertz CT molecular complexity index is 672. The predicted molar refractivity (Wildman–Crippen MR) is 79.8 cm³/mol. The van der Waals surface area contributed by atoms with Crippen molar-refractivity contribution in [3.63, 3.8) is 0 Å². The molecule has 1 atom stereocenters. The molecule has 0 saturated heterocycles. The summed E-state index contributed by atoms with van der Waals surface area (Å²) in [6.07, 6.45) is 0.809. The van der Waals surface area contributed by atoms with Gasteiger partial charge < -0.3 is 4.74 Å². The Morgan fingerprint density at radius 3 is 2.65 bits per heavy atom. The number of halogens is 4. The number of ether oxygens (including phenoxy) is 1. The van der Waals surface area contributed by atoms with Crippen LogP contribution < -0.4 is 4.74 Å². The van der Waals surface area contributed by atoms with Gasteiger partial charge in [-0.05, 0) is 35.4 Å². The Labute approximate surface area is 131 Å². The zero-order valence-electron chi connectivity index (χ0n) is 10.3. The van der Waals surface area contributed by atoms with Crippen molar-refractivity contribution in [1.29, 1.82) is 0 Å². The lowest BCUT2D eigenvalue weighted by atomic mass is 10.0. The Hall–Kier alpha value is -0.960. The van der Waals surface area contributed by atoms with E-state index >= 15 is 0 Å². The van der Waals surface area contributed by atoms with Crippen LogP contribution in [0.3, 0.4) is 0 Å². The molecule has 0 aliphatic carbocycles. The molecule has 104 valence electrons. The standard InChI is InChI=1S/C15H10Cl3FO/c16-9-5-8-3-4-20-15(8)12(6-9)14(18)11-2-1-10(19)7-13(11)17/h1-2,5-7,14H,3-4H2. The minimum absolute atomic E-state index is 0.289. The van der Waals surface area contributed by atoms with E-state index in [9.17, 15) is 4.39 Å². The molecule has 0 radical (unpaired) electrons. The third kappa shape index (κ3) is 2.48. The van der Waals surface area contributed by atoms with Gasteiger partial charge in [-0.1, -0.05) is 29.3 Å². The topological polar surface area (TPSA) is 9.23 Å². The van der Waals surface area contributed by atoms with Gasteiger partial charge >= 0.3 is 0 Å². The number of fused-ring (bicyclic) bond motifs is 1. The first-order valence-corrected chi connectivity index (χ1v) is 7.29. The van der Waals surface area contributed by atoms with Gasteiger partial charge in [0.1, 0.15) is 11.6 Å². The first-order chi connectivity index (χ1) is 9.56. The zero-order valence-corrected chi connectivity index (χ0v) is 12.6. The fourth-order valence-electron chi connectivity index (χ4n) is 2.36. The van der Waals surface area contributed by atoms with Crippen molar-refractivity contribution < 1.29 is 9.13 Å². The summed E-state index contributed by atoms with van der Waals surface area (Å²) in [5.41, 5.74) is 2.44. The number of hydrogen-bond donors (Lipinski definition) is 0. The van der Waals surface area contributed by atoms with Gasteiger partial charge in [0, 0.05) is 22.0 Å². The molecule has 0 bridgehead atoms. The molecule has 2 aromatic carbocycles. The smallest absolute Gasteiger partial charge is 0.127 e. The SMILES string of the molecule is Fc1ccc(C(Cl)c2cc(Cl)cc3c2OCC3)c(Cl)c1. The predicted octanol–water partition coefficient (Wildman–Crippen LogP) is 5.40. The molecule has 20 heavy (non-hydrogen) atoms. The summed E-state index contributed by atoms with van der Waals surface area (Å²) < 4.78 is 18.8. The van der Waals surface area contributed by atoms with E-state index in [1.54, 1.807) is 12.1 Å². The fourth-order valence-corrected chi connectivity index (χ4v) is 3.29. The second-order valence-electron chi connectivity index (χ2n) is 4.61. The van der Waals surface area contributed by atoms with Crippen LogP contribution in [0.2, 0.25) is 10.0 Å². The van der Waals surface area contributed by atoms with Crippen LogP contribution in [-0.2, 0) is 6.42 Å². The summed E-state index contributed by atoms with van der Waals surface area (Å²) in [5, 5.41) is 0.360. The molecule has 0 spiro atoms. The summed E-state index contributed by atoms with van der Waals surface area (Å²) in [6, 6.07) is 7.81. The van der Waals surface area contributed by atoms with Gasteiger partial charge in [0.05, 0.1) is 12.0 Å². The highest BCUT2D eigenvalue weighted by Crippen LogP contribution is 2.43. The molecule has 5 heteroatoms. The van der Waals surface area contributed by atoms with E-state index in [2.05, 4.69) is 0 Å². The largest absolute Gasteiger partial charge is 0.493 e. The molecule has 0 saturated carbocycles. The van der Waals surface area contributed by atoms with Crippen molar-refractivity contribution in [2.75, 3.05) is 6.61 Å². The second-order valence-corrected chi connectivity index (χ2v) is 5.89. The maximum atomic E-state index is 13.1. The minimum atomic E-state index is -0.534. The molecule has 1 heterocycles. The highest BCUT2D eigenvalue weighted by atomic mass is 35.5. The molecule has 2 aromatic rings. The van der Waals surface area contributed by atoms with Gasteiger partial charge in [0.2, 0.25) is 0 Å². The highest BCUT2D eigenvalue weighted by molar-refractivity contribution is 6.33. The van der Waals surface area contributed by atoms with E-state index in [1.165, 1.54) is 12.1 Å². The number of benzene rings is 2. The van der Waals surface area contributed by atoms with Gasteiger partial charge in [-0.3, -0.25) is 0 Å². The third-order valence-electron chi connectivity index (χ3n) is 3.29. The zero-order chi connectivity index (χ0) is 14.3. The van der Waals surface area contributed by atoms with E-state index in [4.69, 9.17) is 39.5 Å². The van der Waals surface area contributed by atoms with Crippen molar-refractivity contribution in [3.8, 4) is 5.75 Å². The van der Waals surface area contributed by atoms with Gasteiger partial charge in [-0.15, -0.1) is 11.6 Å². The maximum Gasteiger partial charge on any atom is 0.127 e. The monoisotopic (exact) mass is 330 g/mol. The van der Waals surface area contributed by atoms with Crippen molar-refractivity contribution in [2.24, 2.45) is 0 Å². The number of alkyl halides is 1. The van der Waals surface area contributed by atoms with Crippen molar-refractivity contribution in [3.05, 3.63) is 62.9 Å². The first-order valence-electron chi connectivity index (χ1n) is 6.10. The molecule has 0 fully saturated rings. The summed E-state index contributed by atoms with van der Waals surface area (Å²) in [7, 11) is 0. The van der Waals surface area contributed by atoms with Crippen LogP contribution in [0.5, 0.6) is 5.75 Å². The molecule has 0 aromatic heterocycles. The Kier molecular flexibility index (Phi) is 3.80. The van der Waals surface area contributed by atoms with Gasteiger partial charge in [-0.25, -0.2) is 4.39 Å². The van der Waals surface area contributed by atoms with Crippen LogP contribution in [-0.4, -0.2) is 6.61 Å². The fraction of sp³-hybridized carbons (Fsp3) is 0.200. The Balaban J connectivity index is 2.09. The summed E-state index contributed by atoms with van der Waals surface area (Å²) >= 11 is 18.7. The van der Waals surface area contributed by atoms with E-state index in [-0.39, 0.29) is 5.02 Å². The quantitative estimate of drug-likeness (QED) is 0.670. The molecular formula is C15H10Cl3FO. The van der Waals surface area contributed by atoms with Crippen LogP contribution in [0.15, 0.2) is 30.3 Å². The average Bonchev–Trinajstić information content (AvgIpc) is 2.85. The second kappa shape index (κ2) is 5.44. The van der Waals surface area contributed by atoms with Crippen molar-refractivity contribution in [1.82, 2.24) is 0 Å².